The van der Waals surface area contributed by atoms with Gasteiger partial charge in [0.05, 0.1) is 7.11 Å². The molecule has 4 nitrogen and oxygen atoms in total. The summed E-state index contributed by atoms with van der Waals surface area (Å²) in [6, 6.07) is 0. The molecule has 0 spiro atoms. The van der Waals surface area contributed by atoms with Gasteiger partial charge in [0.15, 0.2) is 0 Å². The zero-order valence-electron chi connectivity index (χ0n) is 25.4. The molecule has 0 radical (unpaired) electrons. The van der Waals surface area contributed by atoms with Crippen LogP contribution < -0.4 is 0 Å². The van der Waals surface area contributed by atoms with E-state index in [2.05, 4.69) is 23.8 Å². The lowest BCUT2D eigenvalue weighted by Crippen LogP contribution is -2.24. The highest BCUT2D eigenvalue weighted by atomic mass is 16.5. The van der Waals surface area contributed by atoms with Crippen LogP contribution in [0.2, 0.25) is 0 Å². The van der Waals surface area contributed by atoms with Crippen molar-refractivity contribution < 1.29 is 14.3 Å². The number of ether oxygens (including phenoxy) is 1. The van der Waals surface area contributed by atoms with Gasteiger partial charge in [-0.25, -0.2) is 0 Å². The number of hydrogen-bond acceptors (Lipinski definition) is 3. The van der Waals surface area contributed by atoms with E-state index in [9.17, 15) is 9.59 Å². The molecule has 0 aliphatic carbocycles. The zero-order chi connectivity index (χ0) is 27.4. The highest BCUT2D eigenvalue weighted by Crippen LogP contribution is 2.23. The van der Waals surface area contributed by atoms with Gasteiger partial charge in [0.2, 0.25) is 5.91 Å². The van der Waals surface area contributed by atoms with Crippen LogP contribution in [0.15, 0.2) is 12.2 Å². The summed E-state index contributed by atoms with van der Waals surface area (Å²) < 4.78 is 4.67. The molecule has 37 heavy (non-hydrogen) atoms. The van der Waals surface area contributed by atoms with E-state index in [4.69, 9.17) is 0 Å². The van der Waals surface area contributed by atoms with E-state index in [-0.39, 0.29) is 5.97 Å². The SMILES string of the molecule is CCCCCCCCCC(CCCCCCCCC=CCCCCCCCC(=O)OC)CC(=O)N(C)C. The molecule has 1 amide bonds. The molecule has 0 bridgehead atoms. The van der Waals surface area contributed by atoms with Gasteiger partial charge in [-0.1, -0.05) is 115 Å². The van der Waals surface area contributed by atoms with Gasteiger partial charge in [0.1, 0.15) is 0 Å². The van der Waals surface area contributed by atoms with Crippen LogP contribution in [0.3, 0.4) is 0 Å². The number of unbranched alkanes of at least 4 members (excludes halogenated alkanes) is 17. The number of amides is 1. The second-order valence-electron chi connectivity index (χ2n) is 11.3. The summed E-state index contributed by atoms with van der Waals surface area (Å²) in [4.78, 5) is 25.1. The van der Waals surface area contributed by atoms with Crippen LogP contribution >= 0.6 is 0 Å². The maximum atomic E-state index is 12.3. The van der Waals surface area contributed by atoms with Crippen LogP contribution in [0.25, 0.3) is 0 Å². The Kier molecular flexibility index (Phi) is 26.7. The van der Waals surface area contributed by atoms with Gasteiger partial charge in [-0.2, -0.15) is 0 Å². The van der Waals surface area contributed by atoms with Crippen LogP contribution in [0.5, 0.6) is 0 Å². The topological polar surface area (TPSA) is 46.6 Å². The quantitative estimate of drug-likeness (QED) is 0.0614. The minimum absolute atomic E-state index is 0.0843. The molecule has 0 saturated carbocycles. The number of rotatable bonds is 27. The molecule has 0 N–H and O–H groups in total. The molecule has 0 aliphatic rings. The number of carbonyl (C=O) groups is 2. The fourth-order valence-electron chi connectivity index (χ4n) is 4.97. The van der Waals surface area contributed by atoms with Gasteiger partial charge in [0, 0.05) is 26.9 Å². The fraction of sp³-hybridized carbons (Fsp3) is 0.879. The Balaban J connectivity index is 3.69. The Morgan fingerprint density at radius 3 is 1.54 bits per heavy atom. The standard InChI is InChI=1S/C33H63NO3/c1-5-6-7-8-18-21-24-27-31(30-32(35)34(2)3)28-25-22-19-16-14-12-10-9-11-13-15-17-20-23-26-29-33(36)37-4/h9,11,31H,5-8,10,12-30H2,1-4H3. The number of hydrogen-bond donors (Lipinski definition) is 0. The molecule has 0 fully saturated rings. The minimum Gasteiger partial charge on any atom is -0.469 e. The largest absolute Gasteiger partial charge is 0.469 e. The third-order valence-electron chi connectivity index (χ3n) is 7.56. The summed E-state index contributed by atoms with van der Waals surface area (Å²) in [5.41, 5.74) is 0. The summed E-state index contributed by atoms with van der Waals surface area (Å²) >= 11 is 0. The Bertz CT molecular complexity index is 544. The molecular weight excluding hydrogens is 458 g/mol. The Labute approximate surface area is 231 Å². The summed E-state index contributed by atoms with van der Waals surface area (Å²) in [6.45, 7) is 2.27. The zero-order valence-corrected chi connectivity index (χ0v) is 25.4. The molecule has 0 aliphatic heterocycles. The summed E-state index contributed by atoms with van der Waals surface area (Å²) in [5, 5.41) is 0. The lowest BCUT2D eigenvalue weighted by atomic mass is 9.91. The van der Waals surface area contributed by atoms with Crippen LogP contribution in [-0.2, 0) is 14.3 Å². The Morgan fingerprint density at radius 1 is 0.649 bits per heavy atom. The van der Waals surface area contributed by atoms with E-state index in [1.807, 2.05) is 14.1 Å². The Morgan fingerprint density at radius 2 is 1.08 bits per heavy atom. The van der Waals surface area contributed by atoms with Crippen molar-refractivity contribution >= 4 is 11.9 Å². The van der Waals surface area contributed by atoms with E-state index >= 15 is 0 Å². The van der Waals surface area contributed by atoms with E-state index < -0.39 is 0 Å². The molecule has 0 aromatic rings. The predicted molar refractivity (Wildman–Crippen MR) is 160 cm³/mol. The second kappa shape index (κ2) is 27.7. The first-order chi connectivity index (χ1) is 18.0. The first-order valence-electron chi connectivity index (χ1n) is 15.9. The lowest BCUT2D eigenvalue weighted by Gasteiger charge is -2.19. The molecule has 0 saturated heterocycles. The molecule has 0 heterocycles. The van der Waals surface area contributed by atoms with Crippen molar-refractivity contribution in [3.8, 4) is 0 Å². The molecule has 4 heteroatoms. The summed E-state index contributed by atoms with van der Waals surface area (Å²) in [6.07, 6.45) is 34.1. The maximum Gasteiger partial charge on any atom is 0.305 e. The molecule has 1 unspecified atom stereocenters. The monoisotopic (exact) mass is 521 g/mol. The van der Waals surface area contributed by atoms with Crippen molar-refractivity contribution in [1.82, 2.24) is 4.90 Å². The summed E-state index contributed by atoms with van der Waals surface area (Å²) in [5.74, 6) is 0.797. The van der Waals surface area contributed by atoms with Gasteiger partial charge in [0.25, 0.3) is 0 Å². The van der Waals surface area contributed by atoms with Crippen LogP contribution in [0.4, 0.5) is 0 Å². The minimum atomic E-state index is -0.0843. The number of allylic oxidation sites excluding steroid dienone is 2. The molecule has 1 atom stereocenters. The fourth-order valence-corrected chi connectivity index (χ4v) is 4.97. The van der Waals surface area contributed by atoms with Crippen molar-refractivity contribution in [2.75, 3.05) is 21.2 Å². The number of methoxy groups -OCH3 is 1. The number of carbonyl (C=O) groups excluding carboxylic acids is 2. The normalized spacial score (nSPS) is 12.2. The van der Waals surface area contributed by atoms with E-state index in [0.717, 1.165) is 19.3 Å². The third kappa shape index (κ3) is 26.1. The number of nitrogens with zero attached hydrogens (tertiary/aromatic N) is 1. The molecule has 0 aromatic carbocycles. The maximum absolute atomic E-state index is 12.3. The first-order valence-corrected chi connectivity index (χ1v) is 15.9. The van der Waals surface area contributed by atoms with E-state index in [1.165, 1.54) is 136 Å². The van der Waals surface area contributed by atoms with Crippen LogP contribution in [0, 0.1) is 5.92 Å². The molecule has 218 valence electrons. The van der Waals surface area contributed by atoms with E-state index in [0.29, 0.717) is 18.2 Å². The second-order valence-corrected chi connectivity index (χ2v) is 11.3. The van der Waals surface area contributed by atoms with E-state index in [1.54, 1.807) is 4.90 Å². The lowest BCUT2D eigenvalue weighted by molar-refractivity contribution is -0.140. The van der Waals surface area contributed by atoms with Crippen molar-refractivity contribution in [3.05, 3.63) is 12.2 Å². The highest BCUT2D eigenvalue weighted by molar-refractivity contribution is 5.75. The van der Waals surface area contributed by atoms with Gasteiger partial charge in [-0.3, -0.25) is 9.59 Å². The van der Waals surface area contributed by atoms with Crippen LogP contribution in [0.1, 0.15) is 161 Å². The molecule has 0 aromatic heterocycles. The van der Waals surface area contributed by atoms with Crippen molar-refractivity contribution in [3.63, 3.8) is 0 Å². The Hall–Kier alpha value is -1.32. The van der Waals surface area contributed by atoms with Crippen molar-refractivity contribution in [2.24, 2.45) is 5.92 Å². The van der Waals surface area contributed by atoms with Crippen molar-refractivity contribution in [2.45, 2.75) is 161 Å². The molecule has 0 rings (SSSR count). The van der Waals surface area contributed by atoms with Gasteiger partial charge >= 0.3 is 5.97 Å². The smallest absolute Gasteiger partial charge is 0.305 e. The average Bonchev–Trinajstić information content (AvgIpc) is 2.89. The van der Waals surface area contributed by atoms with Crippen molar-refractivity contribution in [1.29, 1.82) is 0 Å². The predicted octanol–water partition coefficient (Wildman–Crippen LogP) is 9.80. The van der Waals surface area contributed by atoms with Crippen LogP contribution in [-0.4, -0.2) is 38.0 Å². The van der Waals surface area contributed by atoms with Gasteiger partial charge < -0.3 is 9.64 Å². The van der Waals surface area contributed by atoms with Gasteiger partial charge in [-0.05, 0) is 50.9 Å². The number of esters is 1. The first kappa shape index (κ1) is 35.7. The third-order valence-corrected chi connectivity index (χ3v) is 7.56. The highest BCUT2D eigenvalue weighted by Gasteiger charge is 2.15. The van der Waals surface area contributed by atoms with Gasteiger partial charge in [-0.15, -0.1) is 0 Å². The molecular formula is C33H63NO3. The average molecular weight is 522 g/mol. The summed E-state index contributed by atoms with van der Waals surface area (Å²) in [7, 11) is 5.24.